The van der Waals surface area contributed by atoms with E-state index in [1.165, 1.54) is 19.2 Å². The van der Waals surface area contributed by atoms with E-state index in [1.54, 1.807) is 0 Å². The van der Waals surface area contributed by atoms with Crippen molar-refractivity contribution in [1.29, 1.82) is 0 Å². The second kappa shape index (κ2) is 6.51. The van der Waals surface area contributed by atoms with E-state index in [2.05, 4.69) is 15.9 Å². The van der Waals surface area contributed by atoms with Crippen LogP contribution in [0.3, 0.4) is 0 Å². The smallest absolute Gasteiger partial charge is 0.289 e. The summed E-state index contributed by atoms with van der Waals surface area (Å²) in [4.78, 5) is 0. The molecule has 0 heterocycles. The molecule has 0 unspecified atom stereocenters. The lowest BCUT2D eigenvalue weighted by molar-refractivity contribution is -0.0716. The largest absolute Gasteiger partial charge is 0.504 e. The Labute approximate surface area is 117 Å². The van der Waals surface area contributed by atoms with E-state index in [1.807, 2.05) is 0 Å². The summed E-state index contributed by atoms with van der Waals surface area (Å²) in [6.07, 6.45) is 0. The topological polar surface area (TPSA) is 75.7 Å². The van der Waals surface area contributed by atoms with Gasteiger partial charge in [-0.05, 0) is 12.1 Å². The molecular formula is C10H13BrClF2NO3. The molecule has 1 rings (SSSR count). The maximum Gasteiger partial charge on any atom is 0.289 e. The number of phenols is 1. The number of ether oxygens (including phenoxy) is 1. The summed E-state index contributed by atoms with van der Waals surface area (Å²) < 4.78 is 31.7. The SMILES string of the molecule is COc1cc(Br)cc([C@H](N)C(F)(F)CO)c1O.Cl. The molecule has 4 nitrogen and oxygen atoms in total. The van der Waals surface area contributed by atoms with Gasteiger partial charge in [0.2, 0.25) is 0 Å². The molecule has 104 valence electrons. The maximum absolute atomic E-state index is 13.2. The van der Waals surface area contributed by atoms with E-state index >= 15 is 0 Å². The van der Waals surface area contributed by atoms with Gasteiger partial charge in [-0.1, -0.05) is 15.9 Å². The Bertz CT molecular complexity index is 420. The van der Waals surface area contributed by atoms with Gasteiger partial charge >= 0.3 is 0 Å². The van der Waals surface area contributed by atoms with Gasteiger partial charge < -0.3 is 20.7 Å². The Kier molecular flexibility index (Phi) is 6.28. The zero-order valence-electron chi connectivity index (χ0n) is 9.36. The minimum absolute atomic E-state index is 0. The zero-order chi connectivity index (χ0) is 13.2. The normalized spacial score (nSPS) is 12.8. The maximum atomic E-state index is 13.2. The highest BCUT2D eigenvalue weighted by Gasteiger charge is 2.39. The first-order valence-corrected chi connectivity index (χ1v) is 5.43. The number of aliphatic hydroxyl groups is 1. The number of methoxy groups -OCH3 is 1. The standard InChI is InChI=1S/C10H12BrF2NO3.ClH/c1-17-7-3-5(11)2-6(8(7)16)9(14)10(12,13)4-15;/h2-3,9,15-16H,4,14H2,1H3;1H/t9-;/m0./s1. The van der Waals surface area contributed by atoms with Gasteiger partial charge in [-0.15, -0.1) is 12.4 Å². The van der Waals surface area contributed by atoms with E-state index in [0.717, 1.165) is 0 Å². The molecule has 1 atom stereocenters. The highest BCUT2D eigenvalue weighted by molar-refractivity contribution is 9.10. The van der Waals surface area contributed by atoms with Gasteiger partial charge in [-0.25, -0.2) is 8.78 Å². The molecular weight excluding hydrogens is 335 g/mol. The summed E-state index contributed by atoms with van der Waals surface area (Å²) >= 11 is 3.09. The minimum Gasteiger partial charge on any atom is -0.504 e. The Hall–Kier alpha value is -0.630. The fraction of sp³-hybridized carbons (Fsp3) is 0.400. The molecule has 0 fully saturated rings. The van der Waals surface area contributed by atoms with E-state index in [-0.39, 0.29) is 23.7 Å². The third-order valence-electron chi connectivity index (χ3n) is 2.29. The molecule has 18 heavy (non-hydrogen) atoms. The van der Waals surface area contributed by atoms with Gasteiger partial charge in [0.25, 0.3) is 5.92 Å². The molecule has 0 bridgehead atoms. The molecule has 0 aliphatic carbocycles. The molecule has 0 spiro atoms. The lowest BCUT2D eigenvalue weighted by Crippen LogP contribution is -2.36. The number of benzene rings is 1. The van der Waals surface area contributed by atoms with Crippen LogP contribution in [0.4, 0.5) is 8.78 Å². The average Bonchev–Trinajstić information content (AvgIpc) is 2.30. The predicted molar refractivity (Wildman–Crippen MR) is 68.6 cm³/mol. The second-order valence-corrected chi connectivity index (χ2v) is 4.36. The molecule has 0 aromatic heterocycles. The van der Waals surface area contributed by atoms with Crippen molar-refractivity contribution in [2.75, 3.05) is 13.7 Å². The van der Waals surface area contributed by atoms with Gasteiger partial charge in [0.1, 0.15) is 12.6 Å². The summed E-state index contributed by atoms with van der Waals surface area (Å²) in [7, 11) is 1.29. The first-order valence-electron chi connectivity index (χ1n) is 4.64. The Balaban J connectivity index is 0.00000289. The molecule has 8 heteroatoms. The molecule has 1 aromatic rings. The van der Waals surface area contributed by atoms with Crippen molar-refractivity contribution >= 4 is 28.3 Å². The molecule has 0 radical (unpaired) electrons. The first kappa shape index (κ1) is 17.4. The average molecular weight is 349 g/mol. The Morgan fingerprint density at radius 2 is 2.06 bits per heavy atom. The third kappa shape index (κ3) is 3.44. The zero-order valence-corrected chi connectivity index (χ0v) is 11.8. The van der Waals surface area contributed by atoms with Crippen LogP contribution in [-0.4, -0.2) is 29.9 Å². The van der Waals surface area contributed by atoms with E-state index < -0.39 is 24.3 Å². The van der Waals surface area contributed by atoms with E-state index in [9.17, 15) is 13.9 Å². The number of halogens is 4. The molecule has 4 N–H and O–H groups in total. The van der Waals surface area contributed by atoms with Crippen molar-refractivity contribution in [3.8, 4) is 11.5 Å². The molecule has 0 saturated heterocycles. The van der Waals surface area contributed by atoms with Gasteiger partial charge in [-0.2, -0.15) is 0 Å². The Morgan fingerprint density at radius 3 is 2.50 bits per heavy atom. The monoisotopic (exact) mass is 347 g/mol. The van der Waals surface area contributed by atoms with Crippen molar-refractivity contribution in [1.82, 2.24) is 0 Å². The van der Waals surface area contributed by atoms with Gasteiger partial charge in [-0.3, -0.25) is 0 Å². The molecule has 0 aliphatic heterocycles. The second-order valence-electron chi connectivity index (χ2n) is 3.44. The molecule has 0 amide bonds. The number of nitrogens with two attached hydrogens (primary N) is 1. The summed E-state index contributed by atoms with van der Waals surface area (Å²) in [5, 5.41) is 18.3. The van der Waals surface area contributed by atoms with Crippen LogP contribution in [0.15, 0.2) is 16.6 Å². The quantitative estimate of drug-likeness (QED) is 0.780. The number of hydrogen-bond acceptors (Lipinski definition) is 4. The summed E-state index contributed by atoms with van der Waals surface area (Å²) in [6.45, 7) is -1.40. The van der Waals surface area contributed by atoms with E-state index in [0.29, 0.717) is 4.47 Å². The highest BCUT2D eigenvalue weighted by Crippen LogP contribution is 2.40. The number of rotatable bonds is 4. The number of phenolic OH excluding ortho intramolecular Hbond substituents is 1. The van der Waals surface area contributed by atoms with Gasteiger partial charge in [0.05, 0.1) is 7.11 Å². The van der Waals surface area contributed by atoms with Crippen LogP contribution in [0.5, 0.6) is 11.5 Å². The van der Waals surface area contributed by atoms with Crippen molar-refractivity contribution in [3.05, 3.63) is 22.2 Å². The third-order valence-corrected chi connectivity index (χ3v) is 2.75. The van der Waals surface area contributed by atoms with Gasteiger partial charge in [0, 0.05) is 10.0 Å². The number of alkyl halides is 2. The van der Waals surface area contributed by atoms with Crippen molar-refractivity contribution < 1.29 is 23.7 Å². The molecule has 1 aromatic carbocycles. The first-order chi connectivity index (χ1) is 7.83. The summed E-state index contributed by atoms with van der Waals surface area (Å²) in [5.41, 5.74) is 5.13. The van der Waals surface area contributed by atoms with Crippen LogP contribution in [0.2, 0.25) is 0 Å². The van der Waals surface area contributed by atoms with Crippen LogP contribution in [0.25, 0.3) is 0 Å². The van der Waals surface area contributed by atoms with Crippen LogP contribution < -0.4 is 10.5 Å². The predicted octanol–water partition coefficient (Wildman–Crippen LogP) is 2.21. The number of hydrogen-bond donors (Lipinski definition) is 3. The lowest BCUT2D eigenvalue weighted by Gasteiger charge is -2.23. The molecule has 0 aliphatic rings. The van der Waals surface area contributed by atoms with Crippen molar-refractivity contribution in [3.63, 3.8) is 0 Å². The fourth-order valence-electron chi connectivity index (χ4n) is 1.31. The minimum atomic E-state index is -3.52. The van der Waals surface area contributed by atoms with Crippen LogP contribution in [-0.2, 0) is 0 Å². The Morgan fingerprint density at radius 1 is 1.50 bits per heavy atom. The number of aromatic hydroxyl groups is 1. The lowest BCUT2D eigenvalue weighted by atomic mass is 10.0. The van der Waals surface area contributed by atoms with Crippen molar-refractivity contribution in [2.24, 2.45) is 5.73 Å². The molecule has 0 saturated carbocycles. The summed E-state index contributed by atoms with van der Waals surface area (Å²) in [5.74, 6) is -3.96. The van der Waals surface area contributed by atoms with Gasteiger partial charge in [0.15, 0.2) is 11.5 Å². The number of aliphatic hydroxyl groups excluding tert-OH is 1. The summed E-state index contributed by atoms with van der Waals surface area (Å²) in [6, 6.07) is 0.855. The fourth-order valence-corrected chi connectivity index (χ4v) is 1.77. The van der Waals surface area contributed by atoms with E-state index in [4.69, 9.17) is 15.6 Å². The van der Waals surface area contributed by atoms with Crippen LogP contribution in [0, 0.1) is 0 Å². The highest BCUT2D eigenvalue weighted by atomic mass is 79.9. The van der Waals surface area contributed by atoms with Crippen molar-refractivity contribution in [2.45, 2.75) is 12.0 Å². The van der Waals surface area contributed by atoms with Crippen LogP contribution >= 0.6 is 28.3 Å². The van der Waals surface area contributed by atoms with Crippen LogP contribution in [0.1, 0.15) is 11.6 Å².